The summed E-state index contributed by atoms with van der Waals surface area (Å²) in [4.78, 5) is 0. The summed E-state index contributed by atoms with van der Waals surface area (Å²) in [6.07, 6.45) is 5.76. The van der Waals surface area contributed by atoms with E-state index in [-0.39, 0.29) is 5.60 Å². The van der Waals surface area contributed by atoms with E-state index >= 15 is 0 Å². The summed E-state index contributed by atoms with van der Waals surface area (Å²) in [6, 6.07) is 6.72. The number of aryl methyl sites for hydroxylation is 1. The van der Waals surface area contributed by atoms with Crippen LogP contribution in [-0.4, -0.2) is 26.4 Å². The predicted molar refractivity (Wildman–Crippen MR) is 87.0 cm³/mol. The molecule has 21 heavy (non-hydrogen) atoms. The van der Waals surface area contributed by atoms with Crippen LogP contribution in [0.25, 0.3) is 0 Å². The third-order valence-corrected chi connectivity index (χ3v) is 4.68. The average molecular weight is 291 g/mol. The molecule has 3 heteroatoms. The van der Waals surface area contributed by atoms with Crippen molar-refractivity contribution in [3.8, 4) is 5.75 Å². The van der Waals surface area contributed by atoms with Gasteiger partial charge in [0.25, 0.3) is 0 Å². The Kier molecular flexibility index (Phi) is 5.65. The molecule has 0 radical (unpaired) electrons. The molecule has 0 amide bonds. The number of hydrogen-bond donors (Lipinski definition) is 1. The molecule has 1 aromatic rings. The largest absolute Gasteiger partial charge is 0.496 e. The third kappa shape index (κ3) is 3.78. The van der Waals surface area contributed by atoms with E-state index in [1.807, 2.05) is 7.11 Å². The summed E-state index contributed by atoms with van der Waals surface area (Å²) in [5, 5.41) is 3.69. The van der Waals surface area contributed by atoms with Gasteiger partial charge in [0.1, 0.15) is 5.75 Å². The van der Waals surface area contributed by atoms with E-state index in [4.69, 9.17) is 9.47 Å². The van der Waals surface area contributed by atoms with Gasteiger partial charge in [0.15, 0.2) is 0 Å². The van der Waals surface area contributed by atoms with Crippen LogP contribution in [0.15, 0.2) is 18.2 Å². The molecule has 118 valence electrons. The van der Waals surface area contributed by atoms with Crippen molar-refractivity contribution in [2.45, 2.75) is 57.6 Å². The van der Waals surface area contributed by atoms with E-state index < -0.39 is 0 Å². The van der Waals surface area contributed by atoms with Gasteiger partial charge in [-0.25, -0.2) is 0 Å². The minimum Gasteiger partial charge on any atom is -0.496 e. The minimum absolute atomic E-state index is 0.0557. The summed E-state index contributed by atoms with van der Waals surface area (Å²) in [6.45, 7) is 5.35. The second kappa shape index (κ2) is 7.28. The lowest BCUT2D eigenvalue weighted by atomic mass is 9.74. The summed E-state index contributed by atoms with van der Waals surface area (Å²) in [7, 11) is 3.60. The minimum atomic E-state index is 0.0557. The average Bonchev–Trinajstić information content (AvgIpc) is 2.46. The first-order valence-electron chi connectivity index (χ1n) is 8.07. The van der Waals surface area contributed by atoms with Crippen LogP contribution in [0.4, 0.5) is 0 Å². The van der Waals surface area contributed by atoms with Gasteiger partial charge >= 0.3 is 0 Å². The monoisotopic (exact) mass is 291 g/mol. The van der Waals surface area contributed by atoms with E-state index in [1.165, 1.54) is 30.4 Å². The zero-order valence-electron chi connectivity index (χ0n) is 13.9. The molecule has 1 atom stereocenters. The van der Waals surface area contributed by atoms with Crippen molar-refractivity contribution in [1.29, 1.82) is 0 Å². The van der Waals surface area contributed by atoms with Gasteiger partial charge in [-0.3, -0.25) is 0 Å². The number of ether oxygens (including phenoxy) is 2. The number of rotatable bonds is 8. The second-order valence-electron chi connectivity index (χ2n) is 6.20. The third-order valence-electron chi connectivity index (χ3n) is 4.68. The highest BCUT2D eigenvalue weighted by atomic mass is 16.5. The first kappa shape index (κ1) is 16.3. The van der Waals surface area contributed by atoms with Crippen LogP contribution in [-0.2, 0) is 4.74 Å². The molecule has 1 unspecified atom stereocenters. The van der Waals surface area contributed by atoms with E-state index in [9.17, 15) is 0 Å². The Hall–Kier alpha value is -1.06. The Morgan fingerprint density at radius 1 is 1.29 bits per heavy atom. The number of nitrogens with one attached hydrogen (secondary N) is 1. The molecule has 1 fully saturated rings. The smallest absolute Gasteiger partial charge is 0.123 e. The topological polar surface area (TPSA) is 30.5 Å². The summed E-state index contributed by atoms with van der Waals surface area (Å²) < 4.78 is 11.4. The standard InChI is InChI=1S/C18H29NO2/c1-5-11-19-16(13-18(21-4)9-6-10-18)15-12-14(2)7-8-17(15)20-3/h7-8,12,16,19H,5-6,9-11,13H2,1-4H3. The number of benzene rings is 1. The van der Waals surface area contributed by atoms with Crippen molar-refractivity contribution in [3.05, 3.63) is 29.3 Å². The predicted octanol–water partition coefficient (Wildman–Crippen LogP) is 4.00. The molecule has 0 bridgehead atoms. The highest BCUT2D eigenvalue weighted by Crippen LogP contribution is 2.43. The van der Waals surface area contributed by atoms with Crippen molar-refractivity contribution >= 4 is 0 Å². The highest BCUT2D eigenvalue weighted by Gasteiger charge is 2.39. The Morgan fingerprint density at radius 3 is 2.57 bits per heavy atom. The first-order chi connectivity index (χ1) is 10.1. The van der Waals surface area contributed by atoms with Crippen molar-refractivity contribution in [3.63, 3.8) is 0 Å². The molecule has 0 saturated heterocycles. The molecule has 0 aromatic heterocycles. The number of hydrogen-bond acceptors (Lipinski definition) is 3. The molecule has 1 N–H and O–H groups in total. The van der Waals surface area contributed by atoms with E-state index in [1.54, 1.807) is 7.11 Å². The zero-order chi connectivity index (χ0) is 15.3. The fourth-order valence-corrected chi connectivity index (χ4v) is 3.17. The van der Waals surface area contributed by atoms with E-state index in [0.29, 0.717) is 6.04 Å². The van der Waals surface area contributed by atoms with Crippen LogP contribution >= 0.6 is 0 Å². The van der Waals surface area contributed by atoms with Crippen LogP contribution < -0.4 is 10.1 Å². The van der Waals surface area contributed by atoms with Gasteiger partial charge in [-0.15, -0.1) is 0 Å². The van der Waals surface area contributed by atoms with Crippen molar-refractivity contribution in [2.75, 3.05) is 20.8 Å². The van der Waals surface area contributed by atoms with Gasteiger partial charge in [0.05, 0.1) is 12.7 Å². The molecule has 1 aliphatic carbocycles. The molecule has 1 saturated carbocycles. The fourth-order valence-electron chi connectivity index (χ4n) is 3.17. The Balaban J connectivity index is 2.24. The van der Waals surface area contributed by atoms with Gasteiger partial charge in [0.2, 0.25) is 0 Å². The maximum Gasteiger partial charge on any atom is 0.123 e. The van der Waals surface area contributed by atoms with E-state index in [2.05, 4.69) is 37.4 Å². The summed E-state index contributed by atoms with van der Waals surface area (Å²) in [5.74, 6) is 0.972. The van der Waals surface area contributed by atoms with Crippen LogP contribution in [0, 0.1) is 6.92 Å². The van der Waals surface area contributed by atoms with Crippen LogP contribution in [0.3, 0.4) is 0 Å². The number of methoxy groups -OCH3 is 2. The normalized spacial score (nSPS) is 18.1. The lowest BCUT2D eigenvalue weighted by Crippen LogP contribution is -2.43. The first-order valence-corrected chi connectivity index (χ1v) is 8.07. The van der Waals surface area contributed by atoms with Crippen molar-refractivity contribution < 1.29 is 9.47 Å². The Morgan fingerprint density at radius 2 is 2.05 bits per heavy atom. The zero-order valence-corrected chi connectivity index (χ0v) is 13.9. The van der Waals surface area contributed by atoms with Crippen LogP contribution in [0.2, 0.25) is 0 Å². The quantitative estimate of drug-likeness (QED) is 0.785. The van der Waals surface area contributed by atoms with Crippen LogP contribution in [0.1, 0.15) is 56.2 Å². The molecule has 0 spiro atoms. The maximum atomic E-state index is 5.83. The van der Waals surface area contributed by atoms with Gasteiger partial charge in [-0.2, -0.15) is 0 Å². The Bertz CT molecular complexity index is 449. The Labute approximate surface area is 129 Å². The SMILES string of the molecule is CCCNC(CC1(OC)CCC1)c1cc(C)ccc1OC. The van der Waals surface area contributed by atoms with Gasteiger partial charge < -0.3 is 14.8 Å². The lowest BCUT2D eigenvalue weighted by Gasteiger charge is -2.43. The molecule has 0 heterocycles. The molecule has 0 aliphatic heterocycles. The molecule has 1 aromatic carbocycles. The molecule has 3 nitrogen and oxygen atoms in total. The fraction of sp³-hybridized carbons (Fsp3) is 0.667. The molecule has 1 aliphatic rings. The van der Waals surface area contributed by atoms with Gasteiger partial charge in [0, 0.05) is 18.7 Å². The second-order valence-corrected chi connectivity index (χ2v) is 6.20. The van der Waals surface area contributed by atoms with Gasteiger partial charge in [-0.05, 0) is 51.6 Å². The summed E-state index contributed by atoms with van der Waals surface area (Å²) in [5.41, 5.74) is 2.59. The van der Waals surface area contributed by atoms with E-state index in [0.717, 1.165) is 25.1 Å². The maximum absolute atomic E-state index is 5.83. The van der Waals surface area contributed by atoms with Gasteiger partial charge in [-0.1, -0.05) is 24.6 Å². The molecular formula is C18H29NO2. The molecular weight excluding hydrogens is 262 g/mol. The van der Waals surface area contributed by atoms with Crippen molar-refractivity contribution in [1.82, 2.24) is 5.32 Å². The van der Waals surface area contributed by atoms with Crippen LogP contribution in [0.5, 0.6) is 5.75 Å². The molecule has 2 rings (SSSR count). The lowest BCUT2D eigenvalue weighted by molar-refractivity contribution is -0.0839. The highest BCUT2D eigenvalue weighted by molar-refractivity contribution is 5.39. The summed E-state index contributed by atoms with van der Waals surface area (Å²) >= 11 is 0. The van der Waals surface area contributed by atoms with Crippen molar-refractivity contribution in [2.24, 2.45) is 0 Å².